The molecule has 1 rings (SSSR count). The van der Waals surface area contributed by atoms with Gasteiger partial charge in [0.1, 0.15) is 0 Å². The fourth-order valence-electron chi connectivity index (χ4n) is 0.890. The molecule has 0 fully saturated rings. The Hall–Kier alpha value is -1.45. The molecule has 0 aromatic carbocycles. The molecule has 1 heterocycles. The molecule has 0 radical (unpaired) electrons. The van der Waals surface area contributed by atoms with Crippen LogP contribution in [0, 0.1) is 6.92 Å². The first-order valence-corrected chi connectivity index (χ1v) is 3.88. The van der Waals surface area contributed by atoms with E-state index in [1.807, 2.05) is 6.92 Å². The fourth-order valence-corrected chi connectivity index (χ4v) is 0.890. The lowest BCUT2D eigenvalue weighted by atomic mass is 10.2. The minimum absolute atomic E-state index is 0.171. The average molecular weight is 183 g/mol. The second-order valence-corrected chi connectivity index (χ2v) is 2.84. The maximum Gasteiger partial charge on any atom is 0.338 e. The van der Waals surface area contributed by atoms with Crippen LogP contribution in [0.5, 0.6) is 0 Å². The molecular formula is C9H10FNO2. The predicted octanol–water partition coefficient (Wildman–Crippen LogP) is 1.36. The second kappa shape index (κ2) is 3.98. The number of hydrogen-bond donors (Lipinski definition) is 1. The lowest BCUT2D eigenvalue weighted by molar-refractivity contribution is -0.142. The fraction of sp³-hybridized carbons (Fsp3) is 0.333. The van der Waals surface area contributed by atoms with Gasteiger partial charge in [-0.1, -0.05) is 6.07 Å². The van der Waals surface area contributed by atoms with E-state index in [1.165, 1.54) is 0 Å². The zero-order valence-electron chi connectivity index (χ0n) is 7.20. The first-order chi connectivity index (χ1) is 6.09. The molecule has 1 unspecified atom stereocenters. The molecule has 0 saturated heterocycles. The van der Waals surface area contributed by atoms with Crippen molar-refractivity contribution in [2.24, 2.45) is 0 Å². The summed E-state index contributed by atoms with van der Waals surface area (Å²) in [4.78, 5) is 14.1. The molecule has 3 nitrogen and oxygen atoms in total. The SMILES string of the molecule is Cc1ccc(CC(F)C(=O)O)nc1. The summed E-state index contributed by atoms with van der Waals surface area (Å²) in [5, 5.41) is 8.30. The Labute approximate surface area is 75.2 Å². The highest BCUT2D eigenvalue weighted by Gasteiger charge is 2.16. The maximum absolute atomic E-state index is 12.7. The molecular weight excluding hydrogens is 173 g/mol. The van der Waals surface area contributed by atoms with E-state index in [-0.39, 0.29) is 6.42 Å². The molecule has 1 aromatic rings. The van der Waals surface area contributed by atoms with E-state index in [9.17, 15) is 9.18 Å². The normalized spacial score (nSPS) is 12.5. The van der Waals surface area contributed by atoms with Gasteiger partial charge < -0.3 is 5.11 Å². The summed E-state index contributed by atoms with van der Waals surface area (Å²) in [6.45, 7) is 1.86. The third-order valence-electron chi connectivity index (χ3n) is 1.63. The van der Waals surface area contributed by atoms with E-state index in [0.717, 1.165) is 5.56 Å². The smallest absolute Gasteiger partial charge is 0.338 e. The van der Waals surface area contributed by atoms with Crippen LogP contribution in [0.4, 0.5) is 4.39 Å². The van der Waals surface area contributed by atoms with Crippen LogP contribution in [-0.2, 0) is 11.2 Å². The van der Waals surface area contributed by atoms with Crippen LogP contribution in [0.1, 0.15) is 11.3 Å². The Kier molecular flexibility index (Phi) is 2.95. The van der Waals surface area contributed by atoms with Crippen molar-refractivity contribution in [3.05, 3.63) is 29.6 Å². The highest BCUT2D eigenvalue weighted by molar-refractivity contribution is 5.72. The molecule has 0 aliphatic carbocycles. The van der Waals surface area contributed by atoms with Crippen LogP contribution < -0.4 is 0 Å². The summed E-state index contributed by atoms with van der Waals surface area (Å²) in [5.41, 5.74) is 1.43. The number of aryl methyl sites for hydroxylation is 1. The highest BCUT2D eigenvalue weighted by Crippen LogP contribution is 2.04. The monoisotopic (exact) mass is 183 g/mol. The Morgan fingerprint density at radius 1 is 1.69 bits per heavy atom. The van der Waals surface area contributed by atoms with Crippen molar-refractivity contribution in [1.29, 1.82) is 0 Å². The van der Waals surface area contributed by atoms with E-state index in [0.29, 0.717) is 5.69 Å². The van der Waals surface area contributed by atoms with Crippen molar-refractivity contribution < 1.29 is 14.3 Å². The number of rotatable bonds is 3. The Bertz CT molecular complexity index is 297. The maximum atomic E-state index is 12.7. The topological polar surface area (TPSA) is 50.2 Å². The molecule has 0 aliphatic heterocycles. The van der Waals surface area contributed by atoms with Gasteiger partial charge in [0.15, 0.2) is 0 Å². The molecule has 1 atom stereocenters. The summed E-state index contributed by atoms with van der Waals surface area (Å²) in [6.07, 6.45) is -0.449. The molecule has 0 amide bonds. The first kappa shape index (κ1) is 9.64. The zero-order chi connectivity index (χ0) is 9.84. The number of nitrogens with zero attached hydrogens (tertiary/aromatic N) is 1. The van der Waals surface area contributed by atoms with Crippen LogP contribution in [-0.4, -0.2) is 22.2 Å². The summed E-state index contributed by atoms with van der Waals surface area (Å²) in [7, 11) is 0. The number of carboxylic acids is 1. The van der Waals surface area contributed by atoms with Crippen molar-refractivity contribution in [1.82, 2.24) is 4.98 Å². The standard InChI is InChI=1S/C9H10FNO2/c1-6-2-3-7(11-5-6)4-8(10)9(12)13/h2-3,5,8H,4H2,1H3,(H,12,13). The number of halogens is 1. The van der Waals surface area contributed by atoms with Gasteiger partial charge in [-0.2, -0.15) is 0 Å². The van der Waals surface area contributed by atoms with E-state index < -0.39 is 12.1 Å². The quantitative estimate of drug-likeness (QED) is 0.769. The molecule has 1 aromatic heterocycles. The van der Waals surface area contributed by atoms with Crippen molar-refractivity contribution in [3.8, 4) is 0 Å². The summed E-state index contributed by atoms with van der Waals surface area (Å²) < 4.78 is 12.7. The van der Waals surface area contributed by atoms with E-state index in [1.54, 1.807) is 18.3 Å². The predicted molar refractivity (Wildman–Crippen MR) is 45.2 cm³/mol. The summed E-state index contributed by atoms with van der Waals surface area (Å²) in [6, 6.07) is 3.40. The lowest BCUT2D eigenvalue weighted by Gasteiger charge is -2.02. The van der Waals surface area contributed by atoms with Crippen LogP contribution in [0.15, 0.2) is 18.3 Å². The van der Waals surface area contributed by atoms with Crippen molar-refractivity contribution in [3.63, 3.8) is 0 Å². The van der Waals surface area contributed by atoms with Gasteiger partial charge in [0, 0.05) is 18.3 Å². The highest BCUT2D eigenvalue weighted by atomic mass is 19.1. The number of aliphatic carboxylic acids is 1. The third-order valence-corrected chi connectivity index (χ3v) is 1.63. The third kappa shape index (κ3) is 2.82. The van der Waals surface area contributed by atoms with Crippen LogP contribution >= 0.6 is 0 Å². The molecule has 4 heteroatoms. The molecule has 0 spiro atoms. The largest absolute Gasteiger partial charge is 0.479 e. The van der Waals surface area contributed by atoms with E-state index in [4.69, 9.17) is 5.11 Å². The number of hydrogen-bond acceptors (Lipinski definition) is 2. The summed E-state index contributed by atoms with van der Waals surface area (Å²) >= 11 is 0. The lowest BCUT2D eigenvalue weighted by Crippen LogP contribution is -2.17. The average Bonchev–Trinajstić information content (AvgIpc) is 2.08. The number of carbonyl (C=O) groups is 1. The van der Waals surface area contributed by atoms with Gasteiger partial charge in [0.2, 0.25) is 6.17 Å². The Morgan fingerprint density at radius 3 is 2.85 bits per heavy atom. The summed E-state index contributed by atoms with van der Waals surface area (Å²) in [5.74, 6) is -1.44. The molecule has 1 N–H and O–H groups in total. The van der Waals surface area contributed by atoms with E-state index in [2.05, 4.69) is 4.98 Å². The van der Waals surface area contributed by atoms with Crippen molar-refractivity contribution in [2.75, 3.05) is 0 Å². The van der Waals surface area contributed by atoms with Gasteiger partial charge >= 0.3 is 5.97 Å². The molecule has 13 heavy (non-hydrogen) atoms. The molecule has 0 aliphatic rings. The van der Waals surface area contributed by atoms with Crippen molar-refractivity contribution in [2.45, 2.75) is 19.5 Å². The number of alkyl halides is 1. The van der Waals surface area contributed by atoms with Crippen LogP contribution in [0.25, 0.3) is 0 Å². The molecule has 0 saturated carbocycles. The molecule has 70 valence electrons. The van der Waals surface area contributed by atoms with Gasteiger partial charge in [-0.3, -0.25) is 4.98 Å². The van der Waals surface area contributed by atoms with Gasteiger partial charge in [-0.05, 0) is 18.6 Å². The van der Waals surface area contributed by atoms with Crippen molar-refractivity contribution >= 4 is 5.97 Å². The first-order valence-electron chi connectivity index (χ1n) is 3.88. The van der Waals surface area contributed by atoms with Gasteiger partial charge in [0.25, 0.3) is 0 Å². The van der Waals surface area contributed by atoms with Crippen LogP contribution in [0.2, 0.25) is 0 Å². The minimum Gasteiger partial charge on any atom is -0.479 e. The van der Waals surface area contributed by atoms with Gasteiger partial charge in [-0.25, -0.2) is 9.18 Å². The van der Waals surface area contributed by atoms with Crippen LogP contribution in [0.3, 0.4) is 0 Å². The number of carboxylic acid groups (broad SMARTS) is 1. The second-order valence-electron chi connectivity index (χ2n) is 2.84. The number of pyridine rings is 1. The minimum atomic E-state index is -1.87. The molecule has 0 bridgehead atoms. The zero-order valence-corrected chi connectivity index (χ0v) is 7.20. The Morgan fingerprint density at radius 2 is 2.38 bits per heavy atom. The Balaban J connectivity index is 2.64. The van der Waals surface area contributed by atoms with Gasteiger partial charge in [-0.15, -0.1) is 0 Å². The number of aromatic nitrogens is 1. The van der Waals surface area contributed by atoms with E-state index >= 15 is 0 Å². The van der Waals surface area contributed by atoms with Gasteiger partial charge in [0.05, 0.1) is 0 Å².